The van der Waals surface area contributed by atoms with Crippen molar-refractivity contribution in [3.05, 3.63) is 23.0 Å². The molecule has 0 radical (unpaired) electrons. The highest BCUT2D eigenvalue weighted by atomic mass is 32.1. The molecule has 1 heterocycles. The summed E-state index contributed by atoms with van der Waals surface area (Å²) in [5, 5.41) is 0. The molecule has 1 saturated carbocycles. The number of nitrogens with one attached hydrogen (secondary N) is 1. The second-order valence-corrected chi connectivity index (χ2v) is 5.64. The van der Waals surface area contributed by atoms with Crippen molar-refractivity contribution in [2.75, 3.05) is 7.11 Å². The molecule has 3 rings (SSSR count). The molecule has 1 N–H and O–H groups in total. The van der Waals surface area contributed by atoms with Crippen molar-refractivity contribution in [2.45, 2.75) is 32.2 Å². The van der Waals surface area contributed by atoms with Crippen molar-refractivity contribution in [3.63, 3.8) is 0 Å². The van der Waals surface area contributed by atoms with E-state index in [-0.39, 0.29) is 0 Å². The fourth-order valence-electron chi connectivity index (χ4n) is 3.00. The van der Waals surface area contributed by atoms with Gasteiger partial charge in [0.15, 0.2) is 4.77 Å². The highest BCUT2D eigenvalue weighted by Gasteiger charge is 2.24. The summed E-state index contributed by atoms with van der Waals surface area (Å²) in [5.74, 6) is 1.68. The molecule has 1 aliphatic carbocycles. The minimum Gasteiger partial charge on any atom is -0.497 e. The van der Waals surface area contributed by atoms with Crippen LogP contribution in [-0.4, -0.2) is 16.7 Å². The molecule has 0 aliphatic heterocycles. The first kappa shape index (κ1) is 11.8. The van der Waals surface area contributed by atoms with Crippen LogP contribution < -0.4 is 4.74 Å². The van der Waals surface area contributed by atoms with E-state index < -0.39 is 0 Å². The van der Waals surface area contributed by atoms with Crippen molar-refractivity contribution in [1.29, 1.82) is 0 Å². The van der Waals surface area contributed by atoms with Gasteiger partial charge in [-0.3, -0.25) is 0 Å². The number of benzene rings is 1. The zero-order valence-corrected chi connectivity index (χ0v) is 11.6. The minimum absolute atomic E-state index is 0.536. The van der Waals surface area contributed by atoms with E-state index in [1.807, 2.05) is 12.1 Å². The first-order chi connectivity index (χ1) is 8.69. The lowest BCUT2D eigenvalue weighted by atomic mass is 10.1. The fraction of sp³-hybridized carbons (Fsp3) is 0.500. The Morgan fingerprint density at radius 3 is 2.89 bits per heavy atom. The highest BCUT2D eigenvalue weighted by molar-refractivity contribution is 7.71. The van der Waals surface area contributed by atoms with Gasteiger partial charge in [0.2, 0.25) is 0 Å². The van der Waals surface area contributed by atoms with Crippen molar-refractivity contribution in [2.24, 2.45) is 5.92 Å². The molecule has 2 unspecified atom stereocenters. The molecule has 0 saturated heterocycles. The molecular formula is C14H18N2OS. The van der Waals surface area contributed by atoms with Crippen molar-refractivity contribution in [1.82, 2.24) is 9.55 Å². The summed E-state index contributed by atoms with van der Waals surface area (Å²) in [4.78, 5) is 3.29. The smallest absolute Gasteiger partial charge is 0.178 e. The van der Waals surface area contributed by atoms with Gasteiger partial charge in [0.25, 0.3) is 0 Å². The van der Waals surface area contributed by atoms with E-state index in [0.29, 0.717) is 6.04 Å². The van der Waals surface area contributed by atoms with E-state index >= 15 is 0 Å². The van der Waals surface area contributed by atoms with Crippen molar-refractivity contribution in [3.8, 4) is 5.75 Å². The number of imidazole rings is 1. The maximum Gasteiger partial charge on any atom is 0.178 e. The van der Waals surface area contributed by atoms with Crippen LogP contribution in [0.3, 0.4) is 0 Å². The number of fused-ring (bicyclic) bond motifs is 1. The van der Waals surface area contributed by atoms with Gasteiger partial charge in [0.05, 0.1) is 18.1 Å². The molecular weight excluding hydrogens is 244 g/mol. The lowest BCUT2D eigenvalue weighted by Crippen LogP contribution is -2.05. The summed E-state index contributed by atoms with van der Waals surface area (Å²) >= 11 is 5.47. The summed E-state index contributed by atoms with van der Waals surface area (Å²) in [6, 6.07) is 6.62. The Bertz CT molecular complexity index is 628. The van der Waals surface area contributed by atoms with Crippen LogP contribution in [-0.2, 0) is 0 Å². The predicted octanol–water partition coefficient (Wildman–Crippen LogP) is 4.07. The zero-order chi connectivity index (χ0) is 12.7. The summed E-state index contributed by atoms with van der Waals surface area (Å²) < 4.78 is 8.41. The predicted molar refractivity (Wildman–Crippen MR) is 75.7 cm³/mol. The van der Waals surface area contributed by atoms with Crippen LogP contribution in [0.2, 0.25) is 0 Å². The molecule has 0 amide bonds. The van der Waals surface area contributed by atoms with Gasteiger partial charge in [0.1, 0.15) is 5.75 Å². The first-order valence-electron chi connectivity index (χ1n) is 6.47. The summed E-state index contributed by atoms with van der Waals surface area (Å²) in [7, 11) is 1.70. The fourth-order valence-corrected chi connectivity index (χ4v) is 3.36. The van der Waals surface area contributed by atoms with Crippen LogP contribution in [0, 0.1) is 10.7 Å². The SMILES string of the molecule is COc1ccc2[nH]c(=S)n(C3CCC(C)C3)c2c1. The quantitative estimate of drug-likeness (QED) is 0.827. The summed E-state index contributed by atoms with van der Waals surface area (Å²) in [6.07, 6.45) is 3.74. The second-order valence-electron chi connectivity index (χ2n) is 5.26. The Hall–Kier alpha value is -1.29. The van der Waals surface area contributed by atoms with Crippen LogP contribution >= 0.6 is 12.2 Å². The van der Waals surface area contributed by atoms with Gasteiger partial charge in [-0.15, -0.1) is 0 Å². The zero-order valence-electron chi connectivity index (χ0n) is 10.8. The Morgan fingerprint density at radius 2 is 2.22 bits per heavy atom. The normalized spacial score (nSPS) is 23.7. The summed E-state index contributed by atoms with van der Waals surface area (Å²) in [6.45, 7) is 2.32. The maximum absolute atomic E-state index is 5.47. The second kappa shape index (κ2) is 4.43. The van der Waals surface area contributed by atoms with Crippen LogP contribution in [0.5, 0.6) is 5.75 Å². The van der Waals surface area contributed by atoms with Gasteiger partial charge in [-0.2, -0.15) is 0 Å². The highest BCUT2D eigenvalue weighted by Crippen LogP contribution is 2.36. The molecule has 18 heavy (non-hydrogen) atoms. The van der Waals surface area contributed by atoms with E-state index in [0.717, 1.165) is 22.0 Å². The Kier molecular flexibility index (Phi) is 2.90. The topological polar surface area (TPSA) is 29.9 Å². The van der Waals surface area contributed by atoms with Crippen LogP contribution in [0.25, 0.3) is 11.0 Å². The first-order valence-corrected chi connectivity index (χ1v) is 6.88. The van der Waals surface area contributed by atoms with Crippen LogP contribution in [0.15, 0.2) is 18.2 Å². The van der Waals surface area contributed by atoms with E-state index in [4.69, 9.17) is 17.0 Å². The number of methoxy groups -OCH3 is 1. The molecule has 3 nitrogen and oxygen atoms in total. The number of ether oxygens (including phenoxy) is 1. The number of aromatic nitrogens is 2. The average molecular weight is 262 g/mol. The van der Waals surface area contributed by atoms with E-state index in [1.165, 1.54) is 24.8 Å². The monoisotopic (exact) mass is 262 g/mol. The number of hydrogen-bond acceptors (Lipinski definition) is 2. The van der Waals surface area contributed by atoms with E-state index in [2.05, 4.69) is 22.5 Å². The molecule has 96 valence electrons. The van der Waals surface area contributed by atoms with Gasteiger partial charge in [0, 0.05) is 12.1 Å². The average Bonchev–Trinajstić information content (AvgIpc) is 2.90. The van der Waals surface area contributed by atoms with Crippen molar-refractivity contribution >= 4 is 23.3 Å². The molecule has 4 heteroatoms. The Labute approximate surface area is 112 Å². The molecule has 1 aromatic heterocycles. The number of aromatic amines is 1. The number of H-pyrrole nitrogens is 1. The molecule has 0 bridgehead atoms. The lowest BCUT2D eigenvalue weighted by molar-refractivity contribution is 0.415. The van der Waals surface area contributed by atoms with Gasteiger partial charge in [-0.05, 0) is 49.5 Å². The standard InChI is InChI=1S/C14H18N2OS/c1-9-3-4-10(7-9)16-13-8-11(17-2)5-6-12(13)15-14(16)18/h5-6,8-10H,3-4,7H2,1-2H3,(H,15,18). The summed E-state index contributed by atoms with van der Waals surface area (Å²) in [5.41, 5.74) is 2.26. The third-order valence-corrected chi connectivity index (χ3v) is 4.26. The molecule has 2 atom stereocenters. The number of hydrogen-bond donors (Lipinski definition) is 1. The van der Waals surface area contributed by atoms with Crippen molar-refractivity contribution < 1.29 is 4.74 Å². The third-order valence-electron chi connectivity index (χ3n) is 3.96. The molecule has 1 aliphatic rings. The van der Waals surface area contributed by atoms with E-state index in [1.54, 1.807) is 7.11 Å². The molecule has 1 aromatic carbocycles. The van der Waals surface area contributed by atoms with E-state index in [9.17, 15) is 0 Å². The lowest BCUT2D eigenvalue weighted by Gasteiger charge is -2.13. The van der Waals surface area contributed by atoms with Gasteiger partial charge in [-0.25, -0.2) is 0 Å². The molecule has 0 spiro atoms. The maximum atomic E-state index is 5.47. The van der Waals surface area contributed by atoms with Crippen LogP contribution in [0.1, 0.15) is 32.2 Å². The minimum atomic E-state index is 0.536. The number of rotatable bonds is 2. The van der Waals surface area contributed by atoms with Gasteiger partial charge < -0.3 is 14.3 Å². The van der Waals surface area contributed by atoms with Crippen LogP contribution in [0.4, 0.5) is 0 Å². The third kappa shape index (κ3) is 1.85. The Balaban J connectivity index is 2.15. The number of nitrogens with zero attached hydrogens (tertiary/aromatic N) is 1. The van der Waals surface area contributed by atoms with Gasteiger partial charge >= 0.3 is 0 Å². The Morgan fingerprint density at radius 1 is 1.39 bits per heavy atom. The molecule has 1 fully saturated rings. The van der Waals surface area contributed by atoms with Gasteiger partial charge in [-0.1, -0.05) is 6.92 Å². The molecule has 2 aromatic rings. The largest absolute Gasteiger partial charge is 0.497 e.